The molecule has 0 aromatic heterocycles. The Balaban J connectivity index is 2.65. The van der Waals surface area contributed by atoms with Gasteiger partial charge in [0.1, 0.15) is 11.6 Å². The summed E-state index contributed by atoms with van der Waals surface area (Å²) in [6, 6.07) is 3.20. The fourth-order valence-electron chi connectivity index (χ4n) is 1.29. The molecule has 3 N–H and O–H groups in total. The van der Waals surface area contributed by atoms with Crippen molar-refractivity contribution in [3.8, 4) is 5.75 Å². The highest BCUT2D eigenvalue weighted by atomic mass is 19.1. The lowest BCUT2D eigenvalue weighted by Crippen LogP contribution is -2.37. The zero-order valence-electron chi connectivity index (χ0n) is 10.7. The zero-order valence-corrected chi connectivity index (χ0v) is 10.7. The smallest absolute Gasteiger partial charge is 0.319 e. The van der Waals surface area contributed by atoms with Crippen LogP contribution >= 0.6 is 0 Å². The highest BCUT2D eigenvalue weighted by Crippen LogP contribution is 2.25. The van der Waals surface area contributed by atoms with Gasteiger partial charge in [-0.1, -0.05) is 0 Å². The number of hydrogen-bond acceptors (Lipinski definition) is 3. The molecule has 6 nitrogen and oxygen atoms in total. The third-order valence-electron chi connectivity index (χ3n) is 2.18. The van der Waals surface area contributed by atoms with Gasteiger partial charge >= 0.3 is 6.03 Å². The van der Waals surface area contributed by atoms with Crippen LogP contribution in [0.15, 0.2) is 18.2 Å². The minimum Gasteiger partial charge on any atom is -0.492 e. The number of halogens is 1. The highest BCUT2D eigenvalue weighted by molar-refractivity contribution is 5.93. The Morgan fingerprint density at radius 2 is 2.11 bits per heavy atom. The fraction of sp³-hybridized carbons (Fsp3) is 0.333. The molecule has 0 aliphatic carbocycles. The van der Waals surface area contributed by atoms with E-state index in [-0.39, 0.29) is 18.2 Å². The van der Waals surface area contributed by atoms with Crippen LogP contribution in [0.2, 0.25) is 0 Å². The maximum atomic E-state index is 13.0. The summed E-state index contributed by atoms with van der Waals surface area (Å²) in [6.07, 6.45) is 0. The largest absolute Gasteiger partial charge is 0.492 e. The van der Waals surface area contributed by atoms with Crippen LogP contribution in [0.1, 0.15) is 6.92 Å². The topological polar surface area (TPSA) is 79.5 Å². The Morgan fingerprint density at radius 3 is 2.74 bits per heavy atom. The monoisotopic (exact) mass is 269 g/mol. The fourth-order valence-corrected chi connectivity index (χ4v) is 1.29. The van der Waals surface area contributed by atoms with E-state index in [9.17, 15) is 14.0 Å². The van der Waals surface area contributed by atoms with Gasteiger partial charge in [-0.05, 0) is 19.1 Å². The predicted octanol–water partition coefficient (Wildman–Crippen LogP) is 1.09. The van der Waals surface area contributed by atoms with E-state index in [1.54, 1.807) is 6.92 Å². The van der Waals surface area contributed by atoms with Crippen molar-refractivity contribution in [2.24, 2.45) is 0 Å². The molecule has 0 saturated heterocycles. The Labute approximate surface area is 110 Å². The van der Waals surface area contributed by atoms with E-state index < -0.39 is 11.8 Å². The number of ether oxygens (including phenoxy) is 1. The van der Waals surface area contributed by atoms with Gasteiger partial charge in [0, 0.05) is 13.1 Å². The van der Waals surface area contributed by atoms with Crippen molar-refractivity contribution in [1.82, 2.24) is 10.6 Å². The van der Waals surface area contributed by atoms with Gasteiger partial charge in [-0.2, -0.15) is 0 Å². The van der Waals surface area contributed by atoms with Gasteiger partial charge in [0.15, 0.2) is 0 Å². The lowest BCUT2D eigenvalue weighted by atomic mass is 10.3. The standard InChI is InChI=1S/C12H16FN3O3/c1-3-19-10-6-8(13)4-5-9(10)16-12(18)15-7-11(17)14-2/h4-6H,3,7H2,1-2H3,(H,14,17)(H2,15,16,18). The molecule has 0 aliphatic rings. The molecule has 0 radical (unpaired) electrons. The second-order valence-electron chi connectivity index (χ2n) is 3.55. The number of hydrogen-bond donors (Lipinski definition) is 3. The first-order valence-corrected chi connectivity index (χ1v) is 5.74. The first-order chi connectivity index (χ1) is 9.06. The van der Waals surface area contributed by atoms with Gasteiger partial charge in [0.25, 0.3) is 0 Å². The second kappa shape index (κ2) is 7.20. The van der Waals surface area contributed by atoms with Crippen LogP contribution in [0.25, 0.3) is 0 Å². The Bertz CT molecular complexity index is 466. The summed E-state index contributed by atoms with van der Waals surface area (Å²) in [6.45, 7) is 1.95. The van der Waals surface area contributed by atoms with Crippen LogP contribution in [0.4, 0.5) is 14.9 Å². The van der Waals surface area contributed by atoms with Crippen molar-refractivity contribution in [2.75, 3.05) is 25.5 Å². The number of urea groups is 1. The Hall–Kier alpha value is -2.31. The van der Waals surface area contributed by atoms with Gasteiger partial charge in [-0.15, -0.1) is 0 Å². The van der Waals surface area contributed by atoms with Crippen molar-refractivity contribution in [3.05, 3.63) is 24.0 Å². The molecule has 1 rings (SSSR count). The molecule has 19 heavy (non-hydrogen) atoms. The molecule has 7 heteroatoms. The van der Waals surface area contributed by atoms with Crippen molar-refractivity contribution in [2.45, 2.75) is 6.92 Å². The molecule has 0 heterocycles. The first kappa shape index (κ1) is 14.7. The molecule has 1 aromatic carbocycles. The third-order valence-corrected chi connectivity index (χ3v) is 2.18. The number of nitrogens with one attached hydrogen (secondary N) is 3. The molecular formula is C12H16FN3O3. The summed E-state index contributed by atoms with van der Waals surface area (Å²) in [4.78, 5) is 22.5. The second-order valence-corrected chi connectivity index (χ2v) is 3.55. The lowest BCUT2D eigenvalue weighted by molar-refractivity contribution is -0.119. The maximum absolute atomic E-state index is 13.0. The lowest BCUT2D eigenvalue weighted by Gasteiger charge is -2.12. The van der Waals surface area contributed by atoms with Crippen molar-refractivity contribution < 1.29 is 18.7 Å². The maximum Gasteiger partial charge on any atom is 0.319 e. The quantitative estimate of drug-likeness (QED) is 0.748. The summed E-state index contributed by atoms with van der Waals surface area (Å²) < 4.78 is 18.3. The Kier molecular flexibility index (Phi) is 5.59. The average Bonchev–Trinajstić information content (AvgIpc) is 2.39. The van der Waals surface area contributed by atoms with E-state index in [1.165, 1.54) is 25.2 Å². The zero-order chi connectivity index (χ0) is 14.3. The molecule has 0 atom stereocenters. The van der Waals surface area contributed by atoms with E-state index in [0.717, 1.165) is 0 Å². The minimum absolute atomic E-state index is 0.145. The van der Waals surface area contributed by atoms with Crippen LogP contribution in [0.5, 0.6) is 5.75 Å². The molecule has 0 spiro atoms. The van der Waals surface area contributed by atoms with Crippen LogP contribution in [-0.4, -0.2) is 32.1 Å². The van der Waals surface area contributed by atoms with Gasteiger partial charge in [0.05, 0.1) is 18.8 Å². The van der Waals surface area contributed by atoms with Crippen molar-refractivity contribution >= 4 is 17.6 Å². The first-order valence-electron chi connectivity index (χ1n) is 5.74. The van der Waals surface area contributed by atoms with Gasteiger partial charge in [0.2, 0.25) is 5.91 Å². The average molecular weight is 269 g/mol. The molecule has 3 amide bonds. The normalized spacial score (nSPS) is 9.63. The molecular weight excluding hydrogens is 253 g/mol. The number of benzene rings is 1. The molecule has 0 aliphatic heterocycles. The van der Waals surface area contributed by atoms with E-state index >= 15 is 0 Å². The van der Waals surface area contributed by atoms with Gasteiger partial charge < -0.3 is 20.7 Å². The molecule has 0 fully saturated rings. The summed E-state index contributed by atoms with van der Waals surface area (Å²) in [7, 11) is 1.47. The van der Waals surface area contributed by atoms with Crippen LogP contribution in [0, 0.1) is 5.82 Å². The van der Waals surface area contributed by atoms with E-state index in [0.29, 0.717) is 12.3 Å². The number of carbonyl (C=O) groups is 2. The van der Waals surface area contributed by atoms with E-state index in [1.807, 2.05) is 0 Å². The van der Waals surface area contributed by atoms with E-state index in [4.69, 9.17) is 4.74 Å². The van der Waals surface area contributed by atoms with E-state index in [2.05, 4.69) is 16.0 Å². The predicted molar refractivity (Wildman–Crippen MR) is 68.7 cm³/mol. The number of anilines is 1. The molecule has 104 valence electrons. The van der Waals surface area contributed by atoms with Gasteiger partial charge in [-0.3, -0.25) is 4.79 Å². The SMILES string of the molecule is CCOc1cc(F)ccc1NC(=O)NCC(=O)NC. The molecule has 0 bridgehead atoms. The Morgan fingerprint density at radius 1 is 1.37 bits per heavy atom. The number of rotatable bonds is 5. The number of amides is 3. The number of likely N-dealkylation sites (N-methyl/N-ethyl adjacent to an activating group) is 1. The van der Waals surface area contributed by atoms with Crippen LogP contribution in [-0.2, 0) is 4.79 Å². The summed E-state index contributed by atoms with van der Waals surface area (Å²) in [5.74, 6) is -0.545. The molecule has 1 aromatic rings. The minimum atomic E-state index is -0.573. The third kappa shape index (κ3) is 4.82. The van der Waals surface area contributed by atoms with Crippen LogP contribution < -0.4 is 20.7 Å². The molecule has 0 saturated carbocycles. The highest BCUT2D eigenvalue weighted by Gasteiger charge is 2.09. The summed E-state index contributed by atoms with van der Waals surface area (Å²) >= 11 is 0. The van der Waals surface area contributed by atoms with Gasteiger partial charge in [-0.25, -0.2) is 9.18 Å². The van der Waals surface area contributed by atoms with Crippen LogP contribution in [0.3, 0.4) is 0 Å². The summed E-state index contributed by atoms with van der Waals surface area (Å²) in [5.41, 5.74) is 0.331. The number of carbonyl (C=O) groups excluding carboxylic acids is 2. The van der Waals surface area contributed by atoms with Crippen molar-refractivity contribution in [1.29, 1.82) is 0 Å². The van der Waals surface area contributed by atoms with Crippen molar-refractivity contribution in [3.63, 3.8) is 0 Å². The molecule has 0 unspecified atom stereocenters. The summed E-state index contributed by atoms with van der Waals surface area (Å²) in [5, 5.41) is 7.20.